The summed E-state index contributed by atoms with van der Waals surface area (Å²) in [7, 11) is 0. The molecule has 18 heavy (non-hydrogen) atoms. The highest BCUT2D eigenvalue weighted by Gasteiger charge is 2.37. The number of ether oxygens (including phenoxy) is 1. The minimum absolute atomic E-state index is 0.285. The lowest BCUT2D eigenvalue weighted by Crippen LogP contribution is -2.40. The van der Waals surface area contributed by atoms with Crippen LogP contribution in [0.15, 0.2) is 12.2 Å². The molecule has 0 spiro atoms. The Morgan fingerprint density at radius 1 is 1.28 bits per heavy atom. The van der Waals surface area contributed by atoms with Crippen molar-refractivity contribution >= 4 is 17.8 Å². The molecule has 5 heteroatoms. The first-order chi connectivity index (χ1) is 8.56. The summed E-state index contributed by atoms with van der Waals surface area (Å²) in [5.41, 5.74) is -0.379. The maximum Gasteiger partial charge on any atom is 0.326 e. The minimum Gasteiger partial charge on any atom is -0.458 e. The lowest BCUT2D eigenvalue weighted by atomic mass is 9.99. The van der Waals surface area contributed by atoms with E-state index in [0.717, 1.165) is 37.0 Å². The maximum absolute atomic E-state index is 11.8. The van der Waals surface area contributed by atoms with Crippen LogP contribution < -0.4 is 0 Å². The molecule has 0 aromatic rings. The van der Waals surface area contributed by atoms with Gasteiger partial charge in [0.25, 0.3) is 11.8 Å². The summed E-state index contributed by atoms with van der Waals surface area (Å²) in [5.74, 6) is -1.40. The van der Waals surface area contributed by atoms with Gasteiger partial charge in [-0.2, -0.15) is 0 Å². The molecule has 0 aromatic heterocycles. The predicted octanol–water partition coefficient (Wildman–Crippen LogP) is 1.18. The van der Waals surface area contributed by atoms with Gasteiger partial charge in [-0.1, -0.05) is 6.92 Å². The average Bonchev–Trinajstić information content (AvgIpc) is 2.92. The van der Waals surface area contributed by atoms with E-state index in [1.54, 1.807) is 0 Å². The van der Waals surface area contributed by atoms with Crippen molar-refractivity contribution in [3.05, 3.63) is 12.2 Å². The fraction of sp³-hybridized carbons (Fsp3) is 0.615. The molecule has 1 fully saturated rings. The average molecular weight is 251 g/mol. The Labute approximate surface area is 106 Å². The van der Waals surface area contributed by atoms with E-state index >= 15 is 0 Å². The molecule has 0 bridgehead atoms. The van der Waals surface area contributed by atoms with Gasteiger partial charge >= 0.3 is 5.97 Å². The van der Waals surface area contributed by atoms with E-state index in [2.05, 4.69) is 0 Å². The molecule has 1 aliphatic heterocycles. The zero-order valence-electron chi connectivity index (χ0n) is 10.5. The smallest absolute Gasteiger partial charge is 0.326 e. The third-order valence-electron chi connectivity index (χ3n) is 3.68. The molecule has 5 nitrogen and oxygen atoms in total. The van der Waals surface area contributed by atoms with Gasteiger partial charge in [0.1, 0.15) is 12.1 Å². The van der Waals surface area contributed by atoms with E-state index in [9.17, 15) is 14.4 Å². The summed E-state index contributed by atoms with van der Waals surface area (Å²) < 4.78 is 5.49. The number of hydrogen-bond donors (Lipinski definition) is 0. The van der Waals surface area contributed by atoms with Crippen LogP contribution in [-0.2, 0) is 19.1 Å². The first-order valence-electron chi connectivity index (χ1n) is 6.32. The predicted molar refractivity (Wildman–Crippen MR) is 63.4 cm³/mol. The molecule has 0 saturated heterocycles. The summed E-state index contributed by atoms with van der Waals surface area (Å²) in [5, 5.41) is 0. The van der Waals surface area contributed by atoms with E-state index in [4.69, 9.17) is 4.74 Å². The first kappa shape index (κ1) is 12.8. The van der Waals surface area contributed by atoms with Crippen molar-refractivity contribution in [1.82, 2.24) is 4.90 Å². The lowest BCUT2D eigenvalue weighted by molar-refractivity contribution is -0.164. The monoisotopic (exact) mass is 251 g/mol. The van der Waals surface area contributed by atoms with Gasteiger partial charge in [0, 0.05) is 12.2 Å². The molecule has 0 aromatic carbocycles. The van der Waals surface area contributed by atoms with Gasteiger partial charge in [-0.15, -0.1) is 0 Å². The first-order valence-corrected chi connectivity index (χ1v) is 6.32. The molecule has 0 radical (unpaired) electrons. The Kier molecular flexibility index (Phi) is 3.50. The van der Waals surface area contributed by atoms with Crippen LogP contribution in [0.3, 0.4) is 0 Å². The summed E-state index contributed by atoms with van der Waals surface area (Å²) in [6, 6.07) is 0. The van der Waals surface area contributed by atoms with Gasteiger partial charge in [-0.05, 0) is 32.1 Å². The normalized spacial score (nSPS) is 21.7. The standard InChI is InChI=1S/C13H17NO4/c1-2-13(7-3-4-8-13)18-12(17)9-14-10(15)5-6-11(14)16/h5-6H,2-4,7-9H2,1H3. The number of carbonyl (C=O) groups is 3. The molecule has 2 rings (SSSR count). The van der Waals surface area contributed by atoms with Crippen molar-refractivity contribution in [2.45, 2.75) is 44.6 Å². The van der Waals surface area contributed by atoms with E-state index in [1.165, 1.54) is 12.2 Å². The summed E-state index contributed by atoms with van der Waals surface area (Å²) >= 11 is 0. The Morgan fingerprint density at radius 2 is 1.83 bits per heavy atom. The van der Waals surface area contributed by atoms with Gasteiger partial charge in [0.2, 0.25) is 0 Å². The number of nitrogens with zero attached hydrogens (tertiary/aromatic N) is 1. The third kappa shape index (κ3) is 2.44. The molecule has 0 atom stereocenters. The topological polar surface area (TPSA) is 63.7 Å². The van der Waals surface area contributed by atoms with E-state index in [1.807, 2.05) is 6.92 Å². The Morgan fingerprint density at radius 3 is 2.33 bits per heavy atom. The molecular weight excluding hydrogens is 234 g/mol. The van der Waals surface area contributed by atoms with Gasteiger partial charge < -0.3 is 4.74 Å². The maximum atomic E-state index is 11.8. The number of amides is 2. The quantitative estimate of drug-likeness (QED) is 0.556. The molecule has 1 saturated carbocycles. The number of hydrogen-bond acceptors (Lipinski definition) is 4. The molecule has 1 aliphatic carbocycles. The summed E-state index contributed by atoms with van der Waals surface area (Å²) in [6.07, 6.45) is 6.97. The van der Waals surface area contributed by atoms with E-state index in [-0.39, 0.29) is 12.1 Å². The fourth-order valence-electron chi connectivity index (χ4n) is 2.54. The van der Waals surface area contributed by atoms with Crippen molar-refractivity contribution in [3.8, 4) is 0 Å². The molecule has 2 aliphatic rings. The second-order valence-corrected chi connectivity index (χ2v) is 4.81. The van der Waals surface area contributed by atoms with Crippen LogP contribution in [0.5, 0.6) is 0 Å². The Hall–Kier alpha value is -1.65. The number of imide groups is 1. The van der Waals surface area contributed by atoms with Crippen LogP contribution in [0.2, 0.25) is 0 Å². The van der Waals surface area contributed by atoms with Gasteiger partial charge in [0.15, 0.2) is 0 Å². The fourth-order valence-corrected chi connectivity index (χ4v) is 2.54. The van der Waals surface area contributed by atoms with Crippen molar-refractivity contribution in [2.75, 3.05) is 6.54 Å². The van der Waals surface area contributed by atoms with Crippen LogP contribution >= 0.6 is 0 Å². The van der Waals surface area contributed by atoms with Crippen molar-refractivity contribution in [1.29, 1.82) is 0 Å². The minimum atomic E-state index is -0.496. The van der Waals surface area contributed by atoms with Crippen LogP contribution in [0, 0.1) is 0 Å². The molecule has 1 heterocycles. The molecule has 0 N–H and O–H groups in total. The van der Waals surface area contributed by atoms with Crippen LogP contribution in [0.1, 0.15) is 39.0 Å². The number of esters is 1. The van der Waals surface area contributed by atoms with Crippen molar-refractivity contribution in [3.63, 3.8) is 0 Å². The van der Waals surface area contributed by atoms with E-state index in [0.29, 0.717) is 0 Å². The van der Waals surface area contributed by atoms with Gasteiger partial charge in [-0.3, -0.25) is 19.3 Å². The Balaban J connectivity index is 1.92. The number of carbonyl (C=O) groups excluding carboxylic acids is 3. The highest BCUT2D eigenvalue weighted by molar-refractivity contribution is 6.14. The van der Waals surface area contributed by atoms with Crippen LogP contribution in [0.25, 0.3) is 0 Å². The van der Waals surface area contributed by atoms with Crippen LogP contribution in [-0.4, -0.2) is 34.8 Å². The lowest BCUT2D eigenvalue weighted by Gasteiger charge is -2.28. The van der Waals surface area contributed by atoms with E-state index < -0.39 is 17.8 Å². The molecule has 2 amide bonds. The highest BCUT2D eigenvalue weighted by atomic mass is 16.6. The largest absolute Gasteiger partial charge is 0.458 e. The molecule has 98 valence electrons. The van der Waals surface area contributed by atoms with Crippen molar-refractivity contribution < 1.29 is 19.1 Å². The summed E-state index contributed by atoms with van der Waals surface area (Å²) in [6.45, 7) is 1.71. The molecule has 0 unspecified atom stereocenters. The number of rotatable bonds is 4. The highest BCUT2D eigenvalue weighted by Crippen LogP contribution is 2.36. The van der Waals surface area contributed by atoms with Crippen LogP contribution in [0.4, 0.5) is 0 Å². The van der Waals surface area contributed by atoms with Crippen molar-refractivity contribution in [2.24, 2.45) is 0 Å². The molecular formula is C13H17NO4. The third-order valence-corrected chi connectivity index (χ3v) is 3.68. The van der Waals surface area contributed by atoms with Gasteiger partial charge in [0.05, 0.1) is 0 Å². The SMILES string of the molecule is CCC1(OC(=O)CN2C(=O)C=CC2=O)CCCC1. The zero-order valence-corrected chi connectivity index (χ0v) is 10.5. The summed E-state index contributed by atoms with van der Waals surface area (Å²) in [4.78, 5) is 35.4. The second-order valence-electron chi connectivity index (χ2n) is 4.81. The second kappa shape index (κ2) is 4.92. The Bertz CT molecular complexity index is 389. The van der Waals surface area contributed by atoms with Gasteiger partial charge in [-0.25, -0.2) is 0 Å². The zero-order chi connectivity index (χ0) is 13.2.